The average molecular weight is 407 g/mol. The Balaban J connectivity index is 1.87. The first-order valence-corrected chi connectivity index (χ1v) is 11.2. The van der Waals surface area contributed by atoms with Crippen LogP contribution in [0.3, 0.4) is 0 Å². The van der Waals surface area contributed by atoms with Crippen LogP contribution in [0, 0.1) is 5.92 Å². The van der Waals surface area contributed by atoms with Gasteiger partial charge in [0.1, 0.15) is 5.75 Å². The SMILES string of the molecule is CCCCCCC(C)CCOc1ccc(-c2cc(CCl)ccc2CCl)cc1. The molecule has 0 heterocycles. The summed E-state index contributed by atoms with van der Waals surface area (Å²) in [4.78, 5) is 0. The van der Waals surface area contributed by atoms with Crippen molar-refractivity contribution in [2.24, 2.45) is 5.92 Å². The van der Waals surface area contributed by atoms with Crippen molar-refractivity contribution in [3.63, 3.8) is 0 Å². The molecule has 148 valence electrons. The van der Waals surface area contributed by atoms with E-state index < -0.39 is 0 Å². The molecule has 0 amide bonds. The number of halogens is 2. The first-order chi connectivity index (χ1) is 13.2. The van der Waals surface area contributed by atoms with Crippen LogP contribution in [0.5, 0.6) is 5.75 Å². The van der Waals surface area contributed by atoms with E-state index >= 15 is 0 Å². The highest BCUT2D eigenvalue weighted by molar-refractivity contribution is 6.18. The van der Waals surface area contributed by atoms with E-state index in [1.807, 2.05) is 18.2 Å². The predicted octanol–water partition coefficient (Wildman–Crippen LogP) is 8.21. The molecule has 1 atom stereocenters. The second kappa shape index (κ2) is 12.3. The zero-order valence-electron chi connectivity index (χ0n) is 16.6. The van der Waals surface area contributed by atoms with Crippen LogP contribution in [0.4, 0.5) is 0 Å². The van der Waals surface area contributed by atoms with Gasteiger partial charge in [0.2, 0.25) is 0 Å². The Labute approximate surface area is 175 Å². The third-order valence-electron chi connectivity index (χ3n) is 5.07. The topological polar surface area (TPSA) is 9.23 Å². The van der Waals surface area contributed by atoms with Crippen LogP contribution in [-0.2, 0) is 11.8 Å². The molecule has 27 heavy (non-hydrogen) atoms. The Morgan fingerprint density at radius 3 is 2.33 bits per heavy atom. The largest absolute Gasteiger partial charge is 0.494 e. The van der Waals surface area contributed by atoms with E-state index in [2.05, 4.69) is 38.1 Å². The maximum atomic E-state index is 6.10. The molecule has 0 fully saturated rings. The van der Waals surface area contributed by atoms with Gasteiger partial charge in [0.05, 0.1) is 6.61 Å². The average Bonchev–Trinajstić information content (AvgIpc) is 2.71. The molecule has 2 rings (SSSR count). The predicted molar refractivity (Wildman–Crippen MR) is 119 cm³/mol. The van der Waals surface area contributed by atoms with Crippen LogP contribution in [0.1, 0.15) is 63.5 Å². The van der Waals surface area contributed by atoms with E-state index in [4.69, 9.17) is 27.9 Å². The molecule has 2 aromatic carbocycles. The molecule has 1 unspecified atom stereocenters. The third kappa shape index (κ3) is 7.39. The molecular weight excluding hydrogens is 375 g/mol. The maximum absolute atomic E-state index is 6.10. The van der Waals surface area contributed by atoms with Gasteiger partial charge in [-0.25, -0.2) is 0 Å². The summed E-state index contributed by atoms with van der Waals surface area (Å²) < 4.78 is 5.95. The summed E-state index contributed by atoms with van der Waals surface area (Å²) >= 11 is 12.1. The fourth-order valence-electron chi connectivity index (χ4n) is 3.26. The number of ether oxygens (including phenoxy) is 1. The maximum Gasteiger partial charge on any atom is 0.119 e. The van der Waals surface area contributed by atoms with Crippen molar-refractivity contribution < 1.29 is 4.74 Å². The lowest BCUT2D eigenvalue weighted by molar-refractivity contribution is 0.277. The lowest BCUT2D eigenvalue weighted by Gasteiger charge is -2.13. The summed E-state index contributed by atoms with van der Waals surface area (Å²) in [5, 5.41) is 0. The Kier molecular flexibility index (Phi) is 10.1. The molecule has 1 nitrogen and oxygen atoms in total. The van der Waals surface area contributed by atoms with Crippen LogP contribution < -0.4 is 4.74 Å². The van der Waals surface area contributed by atoms with E-state index in [1.54, 1.807) is 0 Å². The fraction of sp³-hybridized carbons (Fsp3) is 0.500. The quantitative estimate of drug-likeness (QED) is 0.254. The molecule has 0 bridgehead atoms. The van der Waals surface area contributed by atoms with Gasteiger partial charge in [-0.3, -0.25) is 0 Å². The smallest absolute Gasteiger partial charge is 0.119 e. The van der Waals surface area contributed by atoms with Crippen LogP contribution in [-0.4, -0.2) is 6.61 Å². The first kappa shape index (κ1) is 22.1. The molecule has 0 N–H and O–H groups in total. The minimum atomic E-state index is 0.492. The highest BCUT2D eigenvalue weighted by atomic mass is 35.5. The number of alkyl halides is 2. The van der Waals surface area contributed by atoms with Crippen molar-refractivity contribution in [3.8, 4) is 16.9 Å². The Hall–Kier alpha value is -1.18. The lowest BCUT2D eigenvalue weighted by Crippen LogP contribution is -2.04. The van der Waals surface area contributed by atoms with Crippen molar-refractivity contribution in [3.05, 3.63) is 53.6 Å². The first-order valence-electron chi connectivity index (χ1n) is 10.1. The Morgan fingerprint density at radius 1 is 0.889 bits per heavy atom. The monoisotopic (exact) mass is 406 g/mol. The molecule has 0 aliphatic heterocycles. The zero-order chi connectivity index (χ0) is 19.5. The summed E-state index contributed by atoms with van der Waals surface area (Å²) in [5.41, 5.74) is 4.52. The molecule has 0 saturated heterocycles. The molecule has 0 aliphatic carbocycles. The van der Waals surface area contributed by atoms with E-state index in [1.165, 1.54) is 32.1 Å². The number of hydrogen-bond acceptors (Lipinski definition) is 1. The van der Waals surface area contributed by atoms with Crippen LogP contribution in [0.25, 0.3) is 11.1 Å². The number of rotatable bonds is 12. The second-order valence-corrected chi connectivity index (χ2v) is 7.91. The van der Waals surface area contributed by atoms with Gasteiger partial charge in [-0.05, 0) is 52.8 Å². The molecule has 0 saturated carbocycles. The molecule has 0 spiro atoms. The van der Waals surface area contributed by atoms with Crippen molar-refractivity contribution in [1.29, 1.82) is 0 Å². The van der Waals surface area contributed by atoms with Gasteiger partial charge in [-0.2, -0.15) is 0 Å². The van der Waals surface area contributed by atoms with E-state index in [0.717, 1.165) is 46.9 Å². The standard InChI is InChI=1S/C24H32Cl2O/c1-3-4-5-6-7-19(2)14-15-27-23-12-10-21(11-13-23)24-16-20(17-25)8-9-22(24)18-26/h8-13,16,19H,3-7,14-15,17-18H2,1-2H3. The van der Waals surface area contributed by atoms with Gasteiger partial charge in [0.25, 0.3) is 0 Å². The summed E-state index contributed by atoms with van der Waals surface area (Å²) in [6.07, 6.45) is 7.78. The second-order valence-electron chi connectivity index (χ2n) is 7.37. The molecule has 0 aromatic heterocycles. The van der Waals surface area contributed by atoms with E-state index in [9.17, 15) is 0 Å². The van der Waals surface area contributed by atoms with E-state index in [-0.39, 0.29) is 0 Å². The Morgan fingerprint density at radius 2 is 1.67 bits per heavy atom. The number of hydrogen-bond donors (Lipinski definition) is 0. The van der Waals surface area contributed by atoms with Gasteiger partial charge in [-0.1, -0.05) is 70.2 Å². The zero-order valence-corrected chi connectivity index (χ0v) is 18.2. The molecule has 0 aliphatic rings. The summed E-state index contributed by atoms with van der Waals surface area (Å²) in [6, 6.07) is 14.5. The van der Waals surface area contributed by atoms with Gasteiger partial charge >= 0.3 is 0 Å². The summed E-state index contributed by atoms with van der Waals surface area (Å²) in [7, 11) is 0. The minimum Gasteiger partial charge on any atom is -0.494 e. The van der Waals surface area contributed by atoms with Gasteiger partial charge < -0.3 is 4.74 Å². The van der Waals surface area contributed by atoms with Gasteiger partial charge in [0, 0.05) is 11.8 Å². The van der Waals surface area contributed by atoms with Crippen molar-refractivity contribution >= 4 is 23.2 Å². The van der Waals surface area contributed by atoms with Crippen LogP contribution in [0.2, 0.25) is 0 Å². The summed E-state index contributed by atoms with van der Waals surface area (Å²) in [5.74, 6) is 2.66. The summed E-state index contributed by atoms with van der Waals surface area (Å²) in [6.45, 7) is 5.37. The highest BCUT2D eigenvalue weighted by Crippen LogP contribution is 2.29. The minimum absolute atomic E-state index is 0.492. The molecular formula is C24H32Cl2O. The van der Waals surface area contributed by atoms with Gasteiger partial charge in [-0.15, -0.1) is 23.2 Å². The van der Waals surface area contributed by atoms with E-state index in [0.29, 0.717) is 11.8 Å². The molecule has 0 radical (unpaired) electrons. The van der Waals surface area contributed by atoms with Crippen molar-refractivity contribution in [2.45, 2.75) is 64.1 Å². The Bertz CT molecular complexity index is 667. The number of unbranched alkanes of at least 4 members (excludes halogenated alkanes) is 3. The van der Waals surface area contributed by atoms with Crippen molar-refractivity contribution in [2.75, 3.05) is 6.61 Å². The highest BCUT2D eigenvalue weighted by Gasteiger charge is 2.07. The molecule has 2 aromatic rings. The normalized spacial score (nSPS) is 12.1. The lowest BCUT2D eigenvalue weighted by atomic mass is 9.98. The van der Waals surface area contributed by atoms with Crippen LogP contribution in [0.15, 0.2) is 42.5 Å². The number of benzene rings is 2. The third-order valence-corrected chi connectivity index (χ3v) is 5.66. The van der Waals surface area contributed by atoms with Gasteiger partial charge in [0.15, 0.2) is 0 Å². The fourth-order valence-corrected chi connectivity index (χ4v) is 3.66. The molecule has 3 heteroatoms. The van der Waals surface area contributed by atoms with Crippen molar-refractivity contribution in [1.82, 2.24) is 0 Å². The van der Waals surface area contributed by atoms with Crippen LogP contribution >= 0.6 is 23.2 Å².